The zero-order valence-corrected chi connectivity index (χ0v) is 7.54. The molecule has 4 heteroatoms. The minimum Gasteiger partial charge on any atom is -0.273 e. The van der Waals surface area contributed by atoms with Crippen molar-refractivity contribution in [3.63, 3.8) is 0 Å². The Balaban J connectivity index is 2.65. The summed E-state index contributed by atoms with van der Waals surface area (Å²) in [6, 6.07) is 0. The monoisotopic (exact) mass is 170 g/mol. The second-order valence-corrected chi connectivity index (χ2v) is 2.86. The zero-order chi connectivity index (χ0) is 9.14. The van der Waals surface area contributed by atoms with Crippen molar-refractivity contribution in [3.8, 4) is 0 Å². The topological polar surface area (TPSA) is 40.6 Å². The van der Waals surface area contributed by atoms with Gasteiger partial charge in [-0.2, -0.15) is 0 Å². The highest BCUT2D eigenvalue weighted by molar-refractivity contribution is 5.82. The molecule has 4 nitrogen and oxygen atoms in total. The van der Waals surface area contributed by atoms with Crippen molar-refractivity contribution in [1.29, 1.82) is 0 Å². The van der Waals surface area contributed by atoms with E-state index < -0.39 is 0 Å². The van der Waals surface area contributed by atoms with E-state index in [2.05, 4.69) is 0 Å². The van der Waals surface area contributed by atoms with Crippen LogP contribution in [0.1, 0.15) is 26.7 Å². The van der Waals surface area contributed by atoms with E-state index in [1.807, 2.05) is 6.92 Å². The molecule has 0 aromatic heterocycles. The molecule has 0 unspecified atom stereocenters. The van der Waals surface area contributed by atoms with Gasteiger partial charge in [0.25, 0.3) is 0 Å². The SMILES string of the molecule is CCN(C(C)=O)N1CCCC1=O. The molecule has 68 valence electrons. The quantitative estimate of drug-likeness (QED) is 0.601. The van der Waals surface area contributed by atoms with Crippen LogP contribution in [0.4, 0.5) is 0 Å². The van der Waals surface area contributed by atoms with Gasteiger partial charge in [0.15, 0.2) is 0 Å². The molecule has 0 aromatic carbocycles. The normalized spacial score (nSPS) is 16.8. The largest absolute Gasteiger partial charge is 0.273 e. The van der Waals surface area contributed by atoms with Gasteiger partial charge >= 0.3 is 0 Å². The lowest BCUT2D eigenvalue weighted by Crippen LogP contribution is -2.45. The predicted octanol–water partition coefficient (Wildman–Crippen LogP) is 0.392. The fourth-order valence-corrected chi connectivity index (χ4v) is 1.45. The first-order valence-corrected chi connectivity index (χ1v) is 4.25. The lowest BCUT2D eigenvalue weighted by atomic mass is 10.4. The van der Waals surface area contributed by atoms with Crippen LogP contribution in [0.15, 0.2) is 0 Å². The summed E-state index contributed by atoms with van der Waals surface area (Å²) in [5.74, 6) is -0.000185. The van der Waals surface area contributed by atoms with Crippen LogP contribution >= 0.6 is 0 Å². The number of nitrogens with zero attached hydrogens (tertiary/aromatic N) is 2. The molecule has 1 rings (SSSR count). The fraction of sp³-hybridized carbons (Fsp3) is 0.750. The third-order valence-corrected chi connectivity index (χ3v) is 2.00. The highest BCUT2D eigenvalue weighted by Gasteiger charge is 2.26. The number of hydrazine groups is 1. The van der Waals surface area contributed by atoms with E-state index in [1.165, 1.54) is 11.9 Å². The third kappa shape index (κ3) is 1.57. The van der Waals surface area contributed by atoms with Crippen LogP contribution in [-0.4, -0.2) is 34.9 Å². The summed E-state index contributed by atoms with van der Waals surface area (Å²) in [6.07, 6.45) is 1.44. The van der Waals surface area contributed by atoms with Crippen molar-refractivity contribution in [2.24, 2.45) is 0 Å². The van der Waals surface area contributed by atoms with Gasteiger partial charge in [-0.25, -0.2) is 0 Å². The van der Waals surface area contributed by atoms with Crippen LogP contribution in [0, 0.1) is 0 Å². The number of amides is 2. The molecule has 12 heavy (non-hydrogen) atoms. The van der Waals surface area contributed by atoms with E-state index in [0.29, 0.717) is 19.5 Å². The molecule has 0 saturated carbocycles. The van der Waals surface area contributed by atoms with Crippen molar-refractivity contribution in [3.05, 3.63) is 0 Å². The smallest absolute Gasteiger partial charge is 0.241 e. The zero-order valence-electron chi connectivity index (χ0n) is 7.54. The lowest BCUT2D eigenvalue weighted by Gasteiger charge is -2.29. The van der Waals surface area contributed by atoms with Gasteiger partial charge in [0.1, 0.15) is 0 Å². The number of hydrogen-bond donors (Lipinski definition) is 0. The Bertz CT molecular complexity index is 203. The van der Waals surface area contributed by atoms with Gasteiger partial charge in [-0.3, -0.25) is 19.6 Å². The van der Waals surface area contributed by atoms with Gasteiger partial charge < -0.3 is 0 Å². The van der Waals surface area contributed by atoms with Crippen LogP contribution in [0.2, 0.25) is 0 Å². The lowest BCUT2D eigenvalue weighted by molar-refractivity contribution is -0.157. The summed E-state index contributed by atoms with van der Waals surface area (Å²) in [5, 5.41) is 3.04. The maximum Gasteiger partial charge on any atom is 0.241 e. The molecule has 1 heterocycles. The van der Waals surface area contributed by atoms with E-state index in [0.717, 1.165) is 6.42 Å². The van der Waals surface area contributed by atoms with Gasteiger partial charge in [0.05, 0.1) is 0 Å². The molecule has 1 aliphatic heterocycles. The molecule has 0 aliphatic carbocycles. The Morgan fingerprint density at radius 2 is 2.33 bits per heavy atom. The van der Waals surface area contributed by atoms with Gasteiger partial charge in [0, 0.05) is 26.4 Å². The molecule has 0 bridgehead atoms. The van der Waals surface area contributed by atoms with Crippen molar-refractivity contribution in [2.45, 2.75) is 26.7 Å². The summed E-state index contributed by atoms with van der Waals surface area (Å²) in [7, 11) is 0. The minimum absolute atomic E-state index is 0.0621. The molecule has 0 aromatic rings. The van der Waals surface area contributed by atoms with E-state index in [-0.39, 0.29) is 11.8 Å². The van der Waals surface area contributed by atoms with Crippen LogP contribution in [0.25, 0.3) is 0 Å². The minimum atomic E-state index is -0.0623. The number of carbonyl (C=O) groups excluding carboxylic acids is 2. The van der Waals surface area contributed by atoms with Crippen LogP contribution in [0.3, 0.4) is 0 Å². The highest BCUT2D eigenvalue weighted by atomic mass is 16.2. The second-order valence-electron chi connectivity index (χ2n) is 2.86. The van der Waals surface area contributed by atoms with Crippen molar-refractivity contribution >= 4 is 11.8 Å². The molecular formula is C8H14N2O2. The average molecular weight is 170 g/mol. The standard InChI is InChI=1S/C8H14N2O2/c1-3-9(7(2)11)10-6-4-5-8(10)12/h3-6H2,1-2H3. The molecule has 1 fully saturated rings. The van der Waals surface area contributed by atoms with E-state index in [1.54, 1.807) is 5.01 Å². The van der Waals surface area contributed by atoms with E-state index in [9.17, 15) is 9.59 Å². The van der Waals surface area contributed by atoms with Crippen LogP contribution in [0.5, 0.6) is 0 Å². The van der Waals surface area contributed by atoms with Gasteiger partial charge in [-0.15, -0.1) is 0 Å². The molecule has 0 N–H and O–H groups in total. The molecule has 2 amide bonds. The first kappa shape index (κ1) is 9.03. The molecular weight excluding hydrogens is 156 g/mol. The molecule has 1 aliphatic rings. The first-order chi connectivity index (χ1) is 5.66. The van der Waals surface area contributed by atoms with Gasteiger partial charge in [-0.1, -0.05) is 0 Å². The van der Waals surface area contributed by atoms with Crippen LogP contribution < -0.4 is 0 Å². The summed E-state index contributed by atoms with van der Waals surface area (Å²) < 4.78 is 0. The number of rotatable bonds is 2. The highest BCUT2D eigenvalue weighted by Crippen LogP contribution is 2.12. The molecule has 0 spiro atoms. The van der Waals surface area contributed by atoms with Crippen LogP contribution in [-0.2, 0) is 9.59 Å². The maximum atomic E-state index is 11.2. The number of hydrogen-bond acceptors (Lipinski definition) is 2. The Labute approximate surface area is 72.1 Å². The summed E-state index contributed by atoms with van der Waals surface area (Å²) in [6.45, 7) is 4.61. The third-order valence-electron chi connectivity index (χ3n) is 2.00. The van der Waals surface area contributed by atoms with Crippen molar-refractivity contribution in [1.82, 2.24) is 10.0 Å². The Kier molecular flexibility index (Phi) is 2.68. The summed E-state index contributed by atoms with van der Waals surface area (Å²) >= 11 is 0. The van der Waals surface area contributed by atoms with E-state index in [4.69, 9.17) is 0 Å². The fourth-order valence-electron chi connectivity index (χ4n) is 1.45. The van der Waals surface area contributed by atoms with Crippen molar-refractivity contribution in [2.75, 3.05) is 13.1 Å². The molecule has 0 radical (unpaired) electrons. The number of carbonyl (C=O) groups is 2. The van der Waals surface area contributed by atoms with Crippen molar-refractivity contribution < 1.29 is 9.59 Å². The van der Waals surface area contributed by atoms with Gasteiger partial charge in [-0.05, 0) is 13.3 Å². The maximum absolute atomic E-state index is 11.2. The average Bonchev–Trinajstić information content (AvgIpc) is 2.38. The molecule has 1 saturated heterocycles. The Morgan fingerprint density at radius 3 is 2.67 bits per heavy atom. The molecule has 0 atom stereocenters. The Hall–Kier alpha value is -1.06. The first-order valence-electron chi connectivity index (χ1n) is 4.25. The van der Waals surface area contributed by atoms with E-state index >= 15 is 0 Å². The second kappa shape index (κ2) is 3.56. The summed E-state index contributed by atoms with van der Waals surface area (Å²) in [4.78, 5) is 22.3. The Morgan fingerprint density at radius 1 is 1.67 bits per heavy atom. The van der Waals surface area contributed by atoms with Gasteiger partial charge in [0.2, 0.25) is 11.8 Å². The predicted molar refractivity (Wildman–Crippen MR) is 44.0 cm³/mol. The summed E-state index contributed by atoms with van der Waals surface area (Å²) in [5.41, 5.74) is 0.